The maximum absolute atomic E-state index is 10.7. The minimum absolute atomic E-state index is 0.532. The van der Waals surface area contributed by atoms with E-state index in [4.69, 9.17) is 9.47 Å². The molecule has 0 aromatic heterocycles. The molecule has 0 aliphatic heterocycles. The molecule has 3 heteroatoms. The first-order chi connectivity index (χ1) is 10.1. The Labute approximate surface area is 126 Å². The molecule has 1 N–H and O–H groups in total. The van der Waals surface area contributed by atoms with Crippen molar-refractivity contribution >= 4 is 0 Å². The maximum atomic E-state index is 10.7. The van der Waals surface area contributed by atoms with Gasteiger partial charge in [-0.25, -0.2) is 0 Å². The van der Waals surface area contributed by atoms with Crippen LogP contribution in [0.5, 0.6) is 11.5 Å². The average molecular weight is 286 g/mol. The Balaban J connectivity index is 2.36. The fourth-order valence-corrected chi connectivity index (χ4v) is 2.54. The molecule has 2 rings (SSSR count). The average Bonchev–Trinajstić information content (AvgIpc) is 2.49. The van der Waals surface area contributed by atoms with E-state index in [1.807, 2.05) is 18.2 Å². The summed E-state index contributed by atoms with van der Waals surface area (Å²) in [5, 5.41) is 10.7. The van der Waals surface area contributed by atoms with E-state index in [-0.39, 0.29) is 0 Å². The molecule has 0 spiro atoms. The predicted molar refractivity (Wildman–Crippen MR) is 84.1 cm³/mol. The Bertz CT molecular complexity index is 598. The minimum atomic E-state index is -0.670. The maximum Gasteiger partial charge on any atom is 0.128 e. The van der Waals surface area contributed by atoms with Gasteiger partial charge in [-0.05, 0) is 37.1 Å². The van der Waals surface area contributed by atoms with Gasteiger partial charge in [0.05, 0.1) is 25.9 Å². The summed E-state index contributed by atoms with van der Waals surface area (Å²) in [6, 6.07) is 11.8. The molecule has 0 radical (unpaired) electrons. The molecular weight excluding hydrogens is 264 g/mol. The number of aliphatic hydroxyl groups excluding tert-OH is 1. The summed E-state index contributed by atoms with van der Waals surface area (Å²) in [5.74, 6) is 1.29. The van der Waals surface area contributed by atoms with Crippen molar-refractivity contribution in [3.63, 3.8) is 0 Å². The molecular formula is C18H22O3. The summed E-state index contributed by atoms with van der Waals surface area (Å²) in [5.41, 5.74) is 4.20. The molecule has 0 aliphatic rings. The molecule has 2 aromatic carbocycles. The van der Waals surface area contributed by atoms with Gasteiger partial charge in [-0.2, -0.15) is 0 Å². The Kier molecular flexibility index (Phi) is 4.86. The van der Waals surface area contributed by atoms with E-state index < -0.39 is 6.10 Å². The van der Waals surface area contributed by atoms with E-state index in [1.54, 1.807) is 14.2 Å². The molecule has 0 saturated carbocycles. The molecule has 0 heterocycles. The fourth-order valence-electron chi connectivity index (χ4n) is 2.54. The van der Waals surface area contributed by atoms with Crippen molar-refractivity contribution in [1.82, 2.24) is 0 Å². The number of ether oxygens (including phenoxy) is 2. The number of aryl methyl sites for hydroxylation is 2. The molecule has 0 aliphatic carbocycles. The van der Waals surface area contributed by atoms with Crippen LogP contribution in [0.2, 0.25) is 0 Å². The van der Waals surface area contributed by atoms with E-state index >= 15 is 0 Å². The molecule has 112 valence electrons. The predicted octanol–water partition coefficient (Wildman–Crippen LogP) is 3.60. The third kappa shape index (κ3) is 3.37. The lowest BCUT2D eigenvalue weighted by Gasteiger charge is -2.19. The first kappa shape index (κ1) is 15.4. The van der Waals surface area contributed by atoms with Crippen molar-refractivity contribution in [2.24, 2.45) is 0 Å². The summed E-state index contributed by atoms with van der Waals surface area (Å²) in [6.07, 6.45) is -0.138. The SMILES string of the molecule is COc1cccc(OC)c1C(O)Cc1cc(C)ccc1C. The zero-order chi connectivity index (χ0) is 15.4. The molecule has 0 saturated heterocycles. The van der Waals surface area contributed by atoms with Gasteiger partial charge in [-0.1, -0.05) is 29.8 Å². The normalized spacial score (nSPS) is 12.0. The first-order valence-electron chi connectivity index (χ1n) is 7.02. The highest BCUT2D eigenvalue weighted by molar-refractivity contribution is 5.47. The molecule has 2 aromatic rings. The number of methoxy groups -OCH3 is 2. The van der Waals surface area contributed by atoms with Gasteiger partial charge in [0.2, 0.25) is 0 Å². The van der Waals surface area contributed by atoms with Crippen LogP contribution in [0.25, 0.3) is 0 Å². The number of aliphatic hydroxyl groups is 1. The van der Waals surface area contributed by atoms with Crippen LogP contribution >= 0.6 is 0 Å². The second-order valence-electron chi connectivity index (χ2n) is 5.23. The van der Waals surface area contributed by atoms with Crippen molar-refractivity contribution in [2.45, 2.75) is 26.4 Å². The van der Waals surface area contributed by atoms with Crippen LogP contribution < -0.4 is 9.47 Å². The Hall–Kier alpha value is -2.00. The summed E-state index contributed by atoms with van der Waals surface area (Å²) in [4.78, 5) is 0. The van der Waals surface area contributed by atoms with E-state index in [9.17, 15) is 5.11 Å². The van der Waals surface area contributed by atoms with Gasteiger partial charge in [0, 0.05) is 6.42 Å². The molecule has 21 heavy (non-hydrogen) atoms. The number of hydrogen-bond donors (Lipinski definition) is 1. The van der Waals surface area contributed by atoms with Gasteiger partial charge in [-0.15, -0.1) is 0 Å². The van der Waals surface area contributed by atoms with E-state index in [1.165, 1.54) is 11.1 Å². The van der Waals surface area contributed by atoms with Crippen LogP contribution in [0.3, 0.4) is 0 Å². The second-order valence-corrected chi connectivity index (χ2v) is 5.23. The molecule has 3 nitrogen and oxygen atoms in total. The summed E-state index contributed by atoms with van der Waals surface area (Å²) in [7, 11) is 3.20. The minimum Gasteiger partial charge on any atom is -0.496 e. The number of hydrogen-bond acceptors (Lipinski definition) is 3. The summed E-state index contributed by atoms with van der Waals surface area (Å²) in [6.45, 7) is 4.11. The standard InChI is InChI=1S/C18H22O3/c1-12-8-9-13(2)14(10-12)11-15(19)18-16(20-3)6-5-7-17(18)21-4/h5-10,15,19H,11H2,1-4H3. The molecule has 1 unspecified atom stereocenters. The van der Waals surface area contributed by atoms with Crippen molar-refractivity contribution in [2.75, 3.05) is 14.2 Å². The highest BCUT2D eigenvalue weighted by Crippen LogP contribution is 2.35. The number of rotatable bonds is 5. The van der Waals surface area contributed by atoms with Crippen molar-refractivity contribution in [1.29, 1.82) is 0 Å². The van der Waals surface area contributed by atoms with E-state index in [2.05, 4.69) is 32.0 Å². The van der Waals surface area contributed by atoms with Crippen molar-refractivity contribution < 1.29 is 14.6 Å². The van der Waals surface area contributed by atoms with Crippen LogP contribution in [0, 0.1) is 13.8 Å². The van der Waals surface area contributed by atoms with Crippen LogP contribution in [0.4, 0.5) is 0 Å². The monoisotopic (exact) mass is 286 g/mol. The quantitative estimate of drug-likeness (QED) is 0.912. The highest BCUT2D eigenvalue weighted by atomic mass is 16.5. The number of benzene rings is 2. The molecule has 0 fully saturated rings. The summed E-state index contributed by atoms with van der Waals surface area (Å²) >= 11 is 0. The Morgan fingerprint density at radius 3 is 2.19 bits per heavy atom. The van der Waals surface area contributed by atoms with E-state index in [0.717, 1.165) is 5.56 Å². The molecule has 1 atom stereocenters. The first-order valence-corrected chi connectivity index (χ1v) is 7.02. The van der Waals surface area contributed by atoms with Crippen LogP contribution in [-0.4, -0.2) is 19.3 Å². The topological polar surface area (TPSA) is 38.7 Å². The van der Waals surface area contributed by atoms with Gasteiger partial charge in [0.25, 0.3) is 0 Å². The second kappa shape index (κ2) is 6.64. The zero-order valence-electron chi connectivity index (χ0n) is 13.0. The molecule has 0 amide bonds. The zero-order valence-corrected chi connectivity index (χ0v) is 13.0. The third-order valence-corrected chi connectivity index (χ3v) is 3.72. The van der Waals surface area contributed by atoms with Crippen molar-refractivity contribution in [3.8, 4) is 11.5 Å². The van der Waals surface area contributed by atoms with Crippen LogP contribution in [0.15, 0.2) is 36.4 Å². The lowest BCUT2D eigenvalue weighted by atomic mass is 9.95. The molecule has 0 bridgehead atoms. The van der Waals surface area contributed by atoms with E-state index in [0.29, 0.717) is 23.5 Å². The van der Waals surface area contributed by atoms with Gasteiger partial charge in [0.15, 0.2) is 0 Å². The smallest absolute Gasteiger partial charge is 0.128 e. The van der Waals surface area contributed by atoms with Crippen molar-refractivity contribution in [3.05, 3.63) is 58.7 Å². The van der Waals surface area contributed by atoms with Crippen LogP contribution in [-0.2, 0) is 6.42 Å². The largest absolute Gasteiger partial charge is 0.496 e. The lowest BCUT2D eigenvalue weighted by Crippen LogP contribution is -2.07. The van der Waals surface area contributed by atoms with Gasteiger partial charge < -0.3 is 14.6 Å². The van der Waals surface area contributed by atoms with Gasteiger partial charge in [0.1, 0.15) is 11.5 Å². The van der Waals surface area contributed by atoms with Gasteiger partial charge >= 0.3 is 0 Å². The fraction of sp³-hybridized carbons (Fsp3) is 0.333. The summed E-state index contributed by atoms with van der Waals surface area (Å²) < 4.78 is 10.7. The Morgan fingerprint density at radius 2 is 1.62 bits per heavy atom. The third-order valence-electron chi connectivity index (χ3n) is 3.72. The Morgan fingerprint density at radius 1 is 1.00 bits per heavy atom. The van der Waals surface area contributed by atoms with Gasteiger partial charge in [-0.3, -0.25) is 0 Å². The lowest BCUT2D eigenvalue weighted by molar-refractivity contribution is 0.169. The highest BCUT2D eigenvalue weighted by Gasteiger charge is 2.19. The van der Waals surface area contributed by atoms with Crippen LogP contribution in [0.1, 0.15) is 28.4 Å².